The summed E-state index contributed by atoms with van der Waals surface area (Å²) in [5, 5.41) is 15.0. The number of rotatable bonds is 5. The maximum atomic E-state index is 11.7. The highest BCUT2D eigenvalue weighted by Gasteiger charge is 2.19. The molecule has 0 saturated carbocycles. The third kappa shape index (κ3) is 2.94. The van der Waals surface area contributed by atoms with Gasteiger partial charge in [-0.2, -0.15) is 4.98 Å². The third-order valence-corrected chi connectivity index (χ3v) is 2.26. The molecule has 9 nitrogen and oxygen atoms in total. The molecular weight excluding hydrogens is 254 g/mol. The molecule has 0 aliphatic carbocycles. The van der Waals surface area contributed by atoms with E-state index < -0.39 is 11.9 Å². The van der Waals surface area contributed by atoms with Gasteiger partial charge in [0, 0.05) is 13.0 Å². The molecular formula is C10H11N5O4. The van der Waals surface area contributed by atoms with Crippen molar-refractivity contribution in [2.75, 3.05) is 6.54 Å². The van der Waals surface area contributed by atoms with Gasteiger partial charge in [0.25, 0.3) is 5.91 Å². The van der Waals surface area contributed by atoms with Crippen LogP contribution in [-0.4, -0.2) is 43.6 Å². The maximum absolute atomic E-state index is 11.7. The van der Waals surface area contributed by atoms with Crippen LogP contribution in [-0.2, 0) is 6.42 Å². The Balaban J connectivity index is 1.91. The fourth-order valence-electron chi connectivity index (χ4n) is 1.44. The van der Waals surface area contributed by atoms with Crippen LogP contribution in [0, 0.1) is 6.92 Å². The number of nitrogens with one attached hydrogen (secondary N) is 2. The molecule has 0 radical (unpaired) electrons. The fraction of sp³-hybridized carbons (Fsp3) is 0.300. The molecule has 2 aromatic rings. The first-order valence-corrected chi connectivity index (χ1v) is 5.42. The van der Waals surface area contributed by atoms with Crippen LogP contribution in [0.2, 0.25) is 0 Å². The normalized spacial score (nSPS) is 10.4. The number of carboxylic acid groups (broad SMARTS) is 1. The van der Waals surface area contributed by atoms with Crippen LogP contribution >= 0.6 is 0 Å². The number of carbonyl (C=O) groups is 2. The third-order valence-electron chi connectivity index (χ3n) is 2.26. The number of carboxylic acids is 1. The zero-order chi connectivity index (χ0) is 13.8. The summed E-state index contributed by atoms with van der Waals surface area (Å²) in [6, 6.07) is 0. The highest BCUT2D eigenvalue weighted by Crippen LogP contribution is 2.02. The van der Waals surface area contributed by atoms with E-state index in [2.05, 4.69) is 25.4 Å². The number of aromatic carboxylic acids is 1. The number of carbonyl (C=O) groups excluding carboxylic acids is 1. The summed E-state index contributed by atoms with van der Waals surface area (Å²) in [5.74, 6) is -0.898. The smallest absolute Gasteiger partial charge is 0.354 e. The van der Waals surface area contributed by atoms with E-state index in [1.165, 1.54) is 0 Å². The molecule has 9 heteroatoms. The van der Waals surface area contributed by atoms with E-state index in [1.807, 2.05) is 0 Å². The lowest BCUT2D eigenvalue weighted by molar-refractivity contribution is 0.0685. The van der Waals surface area contributed by atoms with E-state index in [4.69, 9.17) is 9.63 Å². The van der Waals surface area contributed by atoms with Gasteiger partial charge in [0.2, 0.25) is 5.89 Å². The van der Waals surface area contributed by atoms with E-state index in [9.17, 15) is 9.59 Å². The van der Waals surface area contributed by atoms with Crippen LogP contribution in [0.4, 0.5) is 0 Å². The molecule has 19 heavy (non-hydrogen) atoms. The van der Waals surface area contributed by atoms with Crippen LogP contribution in [0.5, 0.6) is 0 Å². The fourth-order valence-corrected chi connectivity index (χ4v) is 1.44. The highest BCUT2D eigenvalue weighted by atomic mass is 16.5. The Kier molecular flexibility index (Phi) is 3.55. The van der Waals surface area contributed by atoms with E-state index in [1.54, 1.807) is 6.92 Å². The van der Waals surface area contributed by atoms with Crippen molar-refractivity contribution >= 4 is 11.9 Å². The first-order chi connectivity index (χ1) is 9.08. The molecule has 3 N–H and O–H groups in total. The minimum absolute atomic E-state index is 0.158. The van der Waals surface area contributed by atoms with E-state index in [0.717, 1.165) is 6.33 Å². The van der Waals surface area contributed by atoms with Crippen LogP contribution in [0.15, 0.2) is 10.9 Å². The summed E-state index contributed by atoms with van der Waals surface area (Å²) < 4.78 is 4.87. The predicted molar refractivity (Wildman–Crippen MR) is 60.6 cm³/mol. The van der Waals surface area contributed by atoms with Crippen molar-refractivity contribution in [3.8, 4) is 0 Å². The summed E-state index contributed by atoms with van der Waals surface area (Å²) in [6.07, 6.45) is 1.51. The van der Waals surface area contributed by atoms with Crippen LogP contribution in [0.3, 0.4) is 0 Å². The zero-order valence-electron chi connectivity index (χ0n) is 10.0. The van der Waals surface area contributed by atoms with Crippen LogP contribution in [0.1, 0.15) is 32.7 Å². The number of amides is 1. The van der Waals surface area contributed by atoms with Crippen molar-refractivity contribution in [2.45, 2.75) is 13.3 Å². The average molecular weight is 265 g/mol. The SMILES string of the molecule is Cc1noc(CCNC(=O)c2nc[nH]c2C(=O)O)n1. The van der Waals surface area contributed by atoms with E-state index >= 15 is 0 Å². The van der Waals surface area contributed by atoms with Gasteiger partial charge in [0.15, 0.2) is 17.2 Å². The molecule has 0 unspecified atom stereocenters. The summed E-state index contributed by atoms with van der Waals surface area (Å²) in [5.41, 5.74) is -0.402. The van der Waals surface area contributed by atoms with Gasteiger partial charge in [0.05, 0.1) is 6.33 Å². The summed E-state index contributed by atoms with van der Waals surface area (Å²) in [6.45, 7) is 1.93. The molecule has 2 aromatic heterocycles. The van der Waals surface area contributed by atoms with Crippen molar-refractivity contribution in [1.82, 2.24) is 25.4 Å². The zero-order valence-corrected chi connectivity index (χ0v) is 10.0. The minimum Gasteiger partial charge on any atom is -0.477 e. The highest BCUT2D eigenvalue weighted by molar-refractivity contribution is 6.02. The number of aryl methyl sites for hydroxylation is 1. The van der Waals surface area contributed by atoms with Crippen molar-refractivity contribution in [3.63, 3.8) is 0 Å². The Labute approximate surface area is 107 Å². The number of aromatic amines is 1. The van der Waals surface area contributed by atoms with Gasteiger partial charge in [-0.05, 0) is 6.92 Å². The molecule has 0 fully saturated rings. The molecule has 100 valence electrons. The summed E-state index contributed by atoms with van der Waals surface area (Å²) in [4.78, 5) is 32.5. The van der Waals surface area contributed by atoms with Crippen LogP contribution in [0.25, 0.3) is 0 Å². The van der Waals surface area contributed by atoms with Gasteiger partial charge in [0.1, 0.15) is 0 Å². The Morgan fingerprint density at radius 3 is 2.95 bits per heavy atom. The molecule has 0 atom stereocenters. The number of hydrogen-bond acceptors (Lipinski definition) is 6. The monoisotopic (exact) mass is 265 g/mol. The minimum atomic E-state index is -1.24. The average Bonchev–Trinajstić information content (AvgIpc) is 2.97. The van der Waals surface area contributed by atoms with Gasteiger partial charge in [-0.3, -0.25) is 4.79 Å². The van der Waals surface area contributed by atoms with Crippen molar-refractivity contribution in [1.29, 1.82) is 0 Å². The van der Waals surface area contributed by atoms with Crippen molar-refractivity contribution in [2.24, 2.45) is 0 Å². The van der Waals surface area contributed by atoms with Gasteiger partial charge in [-0.25, -0.2) is 9.78 Å². The molecule has 2 rings (SSSR count). The quantitative estimate of drug-likeness (QED) is 0.679. The number of aromatic nitrogens is 4. The Morgan fingerprint density at radius 1 is 1.53 bits per heavy atom. The Morgan fingerprint density at radius 2 is 2.32 bits per heavy atom. The second kappa shape index (κ2) is 5.29. The second-order valence-electron chi connectivity index (χ2n) is 3.67. The summed E-state index contributed by atoms with van der Waals surface area (Å²) >= 11 is 0. The second-order valence-corrected chi connectivity index (χ2v) is 3.67. The number of imidazole rings is 1. The van der Waals surface area contributed by atoms with Crippen LogP contribution < -0.4 is 5.32 Å². The molecule has 2 heterocycles. The summed E-state index contributed by atoms with van der Waals surface area (Å²) in [7, 11) is 0. The molecule has 0 bridgehead atoms. The molecule has 0 saturated heterocycles. The van der Waals surface area contributed by atoms with Gasteiger partial charge in [-0.1, -0.05) is 5.16 Å². The van der Waals surface area contributed by atoms with Gasteiger partial charge in [-0.15, -0.1) is 0 Å². The lowest BCUT2D eigenvalue weighted by Crippen LogP contribution is -2.27. The predicted octanol–water partition coefficient (Wildman–Crippen LogP) is -0.228. The molecule has 0 aliphatic rings. The molecule has 0 aromatic carbocycles. The Bertz CT molecular complexity index is 603. The van der Waals surface area contributed by atoms with E-state index in [0.29, 0.717) is 18.1 Å². The lowest BCUT2D eigenvalue weighted by Gasteiger charge is -2.01. The van der Waals surface area contributed by atoms with Crippen molar-refractivity contribution in [3.05, 3.63) is 29.4 Å². The van der Waals surface area contributed by atoms with E-state index in [-0.39, 0.29) is 17.9 Å². The maximum Gasteiger partial charge on any atom is 0.354 e. The lowest BCUT2D eigenvalue weighted by atomic mass is 10.3. The first kappa shape index (κ1) is 12.7. The molecule has 1 amide bonds. The van der Waals surface area contributed by atoms with Crippen molar-refractivity contribution < 1.29 is 19.2 Å². The number of nitrogens with zero attached hydrogens (tertiary/aromatic N) is 3. The number of H-pyrrole nitrogens is 1. The first-order valence-electron chi connectivity index (χ1n) is 5.42. The standard InChI is InChI=1S/C10H11N5O4/c1-5-14-6(19-15-5)2-3-11-9(16)7-8(10(17)18)13-4-12-7/h4H,2-3H2,1H3,(H,11,16)(H,12,13)(H,17,18). The largest absolute Gasteiger partial charge is 0.477 e. The Hall–Kier alpha value is -2.71. The molecule has 0 aliphatic heterocycles. The van der Waals surface area contributed by atoms with Gasteiger partial charge < -0.3 is 19.9 Å². The molecule has 0 spiro atoms. The number of hydrogen-bond donors (Lipinski definition) is 3. The van der Waals surface area contributed by atoms with Gasteiger partial charge >= 0.3 is 5.97 Å². The topological polar surface area (TPSA) is 134 Å².